The van der Waals surface area contributed by atoms with Crippen LogP contribution in [0.1, 0.15) is 5.56 Å². The second-order valence-electron chi connectivity index (χ2n) is 2.90. The average Bonchev–Trinajstić information content (AvgIpc) is 2.24. The van der Waals surface area contributed by atoms with Crippen LogP contribution < -0.4 is 5.32 Å². The highest BCUT2D eigenvalue weighted by atomic mass is 19.1. The first-order valence-corrected chi connectivity index (χ1v) is 4.47. The van der Waals surface area contributed by atoms with Crippen molar-refractivity contribution in [2.24, 2.45) is 0 Å². The molecule has 0 bridgehead atoms. The summed E-state index contributed by atoms with van der Waals surface area (Å²) in [6.07, 6.45) is 2.34. The molecule has 1 aromatic rings. The topological polar surface area (TPSA) is 73.1 Å². The molecule has 0 aromatic heterocycles. The Hall–Kier alpha value is -2.35. The molecule has 1 rings (SSSR count). The van der Waals surface area contributed by atoms with E-state index in [2.05, 4.69) is 5.32 Å². The van der Waals surface area contributed by atoms with E-state index in [0.29, 0.717) is 5.69 Å². The highest BCUT2D eigenvalue weighted by Gasteiger charge is 2.05. The molecule has 82 valence electrons. The van der Waals surface area contributed by atoms with Gasteiger partial charge in [-0.3, -0.25) is 0 Å². The van der Waals surface area contributed by atoms with Crippen molar-refractivity contribution in [1.82, 2.24) is 0 Å². The third-order valence-corrected chi connectivity index (χ3v) is 1.80. The number of nitriles is 1. The molecule has 5 heteroatoms. The number of hydrogen-bond donors (Lipinski definition) is 2. The third kappa shape index (κ3) is 3.10. The van der Waals surface area contributed by atoms with Gasteiger partial charge in [-0.05, 0) is 12.1 Å². The summed E-state index contributed by atoms with van der Waals surface area (Å²) in [6, 6.07) is 5.95. The second kappa shape index (κ2) is 5.51. The molecule has 0 heterocycles. The quantitative estimate of drug-likeness (QED) is 0.758. The highest BCUT2D eigenvalue weighted by Crippen LogP contribution is 2.17. The summed E-state index contributed by atoms with van der Waals surface area (Å²) in [5.74, 6) is -1.66. The van der Waals surface area contributed by atoms with E-state index in [9.17, 15) is 9.18 Å². The molecule has 0 spiro atoms. The summed E-state index contributed by atoms with van der Waals surface area (Å²) in [6.45, 7) is 0.213. The fraction of sp³-hybridized carbons (Fsp3) is 0.0909. The van der Waals surface area contributed by atoms with Crippen LogP contribution in [0.5, 0.6) is 0 Å². The predicted octanol–water partition coefficient (Wildman–Crippen LogP) is 1.75. The van der Waals surface area contributed by atoms with Gasteiger partial charge in [-0.1, -0.05) is 12.1 Å². The van der Waals surface area contributed by atoms with E-state index < -0.39 is 11.8 Å². The van der Waals surface area contributed by atoms with Gasteiger partial charge in [0.15, 0.2) is 0 Å². The Labute approximate surface area is 91.6 Å². The average molecular weight is 220 g/mol. The molecule has 0 fully saturated rings. The summed E-state index contributed by atoms with van der Waals surface area (Å²) < 4.78 is 13.1. The molecule has 0 aliphatic rings. The standard InChI is InChI=1S/C11H9FN2O2/c12-9-3-1-4-10(8(9)7-13)14-6-2-5-11(15)16/h1-5,14H,6H2,(H,15,16)/b5-2+. The first kappa shape index (κ1) is 11.7. The lowest BCUT2D eigenvalue weighted by Crippen LogP contribution is -2.02. The van der Waals surface area contributed by atoms with Crippen LogP contribution in [-0.2, 0) is 4.79 Å². The Morgan fingerprint density at radius 3 is 3.00 bits per heavy atom. The Kier molecular flexibility index (Phi) is 4.04. The molecule has 16 heavy (non-hydrogen) atoms. The molecule has 0 saturated carbocycles. The number of carboxylic acid groups (broad SMARTS) is 1. The number of hydrogen-bond acceptors (Lipinski definition) is 3. The van der Waals surface area contributed by atoms with Gasteiger partial charge in [-0.2, -0.15) is 5.26 Å². The Morgan fingerprint density at radius 1 is 1.62 bits per heavy atom. The van der Waals surface area contributed by atoms with Crippen molar-refractivity contribution in [3.63, 3.8) is 0 Å². The fourth-order valence-corrected chi connectivity index (χ4v) is 1.11. The van der Waals surface area contributed by atoms with Gasteiger partial charge in [0.05, 0.1) is 5.69 Å². The lowest BCUT2D eigenvalue weighted by molar-refractivity contribution is -0.131. The molecule has 0 aliphatic heterocycles. The predicted molar refractivity (Wildman–Crippen MR) is 56.4 cm³/mol. The Morgan fingerprint density at radius 2 is 2.38 bits per heavy atom. The molecule has 0 atom stereocenters. The van der Waals surface area contributed by atoms with E-state index >= 15 is 0 Å². The van der Waals surface area contributed by atoms with E-state index in [1.807, 2.05) is 0 Å². The van der Waals surface area contributed by atoms with Crippen LogP contribution in [0.3, 0.4) is 0 Å². The van der Waals surface area contributed by atoms with Crippen LogP contribution in [0, 0.1) is 17.1 Å². The van der Waals surface area contributed by atoms with E-state index in [-0.39, 0.29) is 12.1 Å². The molecule has 2 N–H and O–H groups in total. The van der Waals surface area contributed by atoms with Crippen molar-refractivity contribution in [3.8, 4) is 6.07 Å². The van der Waals surface area contributed by atoms with Crippen LogP contribution in [-0.4, -0.2) is 17.6 Å². The lowest BCUT2D eigenvalue weighted by Gasteiger charge is -2.05. The van der Waals surface area contributed by atoms with E-state index in [4.69, 9.17) is 10.4 Å². The van der Waals surface area contributed by atoms with Gasteiger partial charge in [0.2, 0.25) is 0 Å². The largest absolute Gasteiger partial charge is 0.478 e. The van der Waals surface area contributed by atoms with E-state index in [0.717, 1.165) is 6.08 Å². The third-order valence-electron chi connectivity index (χ3n) is 1.80. The number of carbonyl (C=O) groups is 1. The molecular formula is C11H9FN2O2. The van der Waals surface area contributed by atoms with Crippen molar-refractivity contribution >= 4 is 11.7 Å². The lowest BCUT2D eigenvalue weighted by atomic mass is 10.2. The maximum atomic E-state index is 13.1. The highest BCUT2D eigenvalue weighted by molar-refractivity contribution is 5.79. The van der Waals surface area contributed by atoms with Crippen LogP contribution >= 0.6 is 0 Å². The first-order chi connectivity index (χ1) is 7.65. The van der Waals surface area contributed by atoms with Crippen LogP contribution in [0.25, 0.3) is 0 Å². The zero-order chi connectivity index (χ0) is 12.0. The number of halogens is 1. The first-order valence-electron chi connectivity index (χ1n) is 4.47. The minimum absolute atomic E-state index is 0.0776. The molecular weight excluding hydrogens is 211 g/mol. The number of benzene rings is 1. The Balaban J connectivity index is 2.72. The number of anilines is 1. The molecule has 0 radical (unpaired) electrons. The smallest absolute Gasteiger partial charge is 0.328 e. The summed E-state index contributed by atoms with van der Waals surface area (Å²) in [5, 5.41) is 19.8. The van der Waals surface area contributed by atoms with Gasteiger partial charge in [-0.15, -0.1) is 0 Å². The normalized spacial score (nSPS) is 10.0. The fourth-order valence-electron chi connectivity index (χ4n) is 1.11. The summed E-state index contributed by atoms with van der Waals surface area (Å²) >= 11 is 0. The van der Waals surface area contributed by atoms with Crippen LogP contribution in [0.2, 0.25) is 0 Å². The molecule has 1 aromatic carbocycles. The van der Waals surface area contributed by atoms with Gasteiger partial charge in [0.1, 0.15) is 17.4 Å². The molecule has 0 saturated heterocycles. The minimum Gasteiger partial charge on any atom is -0.478 e. The van der Waals surface area contributed by atoms with Gasteiger partial charge < -0.3 is 10.4 Å². The van der Waals surface area contributed by atoms with Crippen molar-refractivity contribution in [1.29, 1.82) is 5.26 Å². The number of aliphatic carboxylic acids is 1. The minimum atomic E-state index is -1.05. The second-order valence-corrected chi connectivity index (χ2v) is 2.90. The maximum Gasteiger partial charge on any atom is 0.328 e. The van der Waals surface area contributed by atoms with Crippen molar-refractivity contribution in [2.75, 3.05) is 11.9 Å². The van der Waals surface area contributed by atoms with Crippen LogP contribution in [0.4, 0.5) is 10.1 Å². The summed E-state index contributed by atoms with van der Waals surface area (Å²) in [7, 11) is 0. The van der Waals surface area contributed by atoms with E-state index in [1.165, 1.54) is 18.2 Å². The summed E-state index contributed by atoms with van der Waals surface area (Å²) in [5.41, 5.74) is 0.267. The maximum absolute atomic E-state index is 13.1. The number of nitrogens with one attached hydrogen (secondary N) is 1. The number of carboxylic acids is 1. The molecule has 0 unspecified atom stereocenters. The van der Waals surface area contributed by atoms with Crippen molar-refractivity contribution in [3.05, 3.63) is 41.7 Å². The monoisotopic (exact) mass is 220 g/mol. The zero-order valence-corrected chi connectivity index (χ0v) is 8.27. The van der Waals surface area contributed by atoms with E-state index in [1.54, 1.807) is 12.1 Å². The SMILES string of the molecule is N#Cc1c(F)cccc1NC/C=C/C(=O)O. The van der Waals surface area contributed by atoms with Crippen molar-refractivity contribution in [2.45, 2.75) is 0 Å². The van der Waals surface area contributed by atoms with Gasteiger partial charge in [0.25, 0.3) is 0 Å². The van der Waals surface area contributed by atoms with Crippen LogP contribution in [0.15, 0.2) is 30.4 Å². The van der Waals surface area contributed by atoms with Gasteiger partial charge >= 0.3 is 5.97 Å². The zero-order valence-electron chi connectivity index (χ0n) is 8.27. The number of rotatable bonds is 4. The number of nitrogens with zero attached hydrogens (tertiary/aromatic N) is 1. The molecule has 0 amide bonds. The summed E-state index contributed by atoms with van der Waals surface area (Å²) in [4.78, 5) is 10.2. The molecule has 0 aliphatic carbocycles. The molecule has 4 nitrogen and oxygen atoms in total. The Bertz CT molecular complexity index is 464. The van der Waals surface area contributed by atoms with Gasteiger partial charge in [-0.25, -0.2) is 9.18 Å². The van der Waals surface area contributed by atoms with Crippen molar-refractivity contribution < 1.29 is 14.3 Å². The van der Waals surface area contributed by atoms with Gasteiger partial charge in [0, 0.05) is 12.6 Å².